The Morgan fingerprint density at radius 1 is 1.19 bits per heavy atom. The van der Waals surface area contributed by atoms with Gasteiger partial charge in [-0.15, -0.1) is 0 Å². The minimum Gasteiger partial charge on any atom is -0.483 e. The van der Waals surface area contributed by atoms with Gasteiger partial charge in [0.05, 0.1) is 6.61 Å². The highest BCUT2D eigenvalue weighted by atomic mass is 16.5. The number of methoxy groups -OCH3 is 1. The first-order chi connectivity index (χ1) is 13.0. The fourth-order valence-electron chi connectivity index (χ4n) is 3.30. The highest BCUT2D eigenvalue weighted by Crippen LogP contribution is 2.33. The average Bonchev–Trinajstić information content (AvgIpc) is 2.80. The summed E-state index contributed by atoms with van der Waals surface area (Å²) in [4.78, 5) is 27.5. The van der Waals surface area contributed by atoms with Gasteiger partial charge in [-0.1, -0.05) is 36.4 Å². The van der Waals surface area contributed by atoms with E-state index in [9.17, 15) is 9.59 Å². The molecule has 0 saturated heterocycles. The van der Waals surface area contributed by atoms with Crippen molar-refractivity contribution in [3.63, 3.8) is 0 Å². The lowest BCUT2D eigenvalue weighted by Gasteiger charge is -2.29. The van der Waals surface area contributed by atoms with Gasteiger partial charge in [-0.3, -0.25) is 9.59 Å². The van der Waals surface area contributed by atoms with Crippen LogP contribution < -0.4 is 10.1 Å². The maximum Gasteiger partial charge on any atom is 0.261 e. The summed E-state index contributed by atoms with van der Waals surface area (Å²) in [5.41, 5.74) is 3.38. The summed E-state index contributed by atoms with van der Waals surface area (Å²) in [6.45, 7) is 4.42. The number of hydrogen-bond donors (Lipinski definition) is 1. The third-order valence-corrected chi connectivity index (χ3v) is 4.71. The van der Waals surface area contributed by atoms with Crippen molar-refractivity contribution in [2.24, 2.45) is 0 Å². The van der Waals surface area contributed by atoms with Gasteiger partial charge in [-0.25, -0.2) is 0 Å². The van der Waals surface area contributed by atoms with Crippen LogP contribution in [0.25, 0.3) is 0 Å². The molecule has 0 aromatic heterocycles. The van der Waals surface area contributed by atoms with Gasteiger partial charge >= 0.3 is 0 Å². The Kier molecular flexibility index (Phi) is 5.76. The fraction of sp³-hybridized carbons (Fsp3) is 0.333. The molecule has 27 heavy (non-hydrogen) atoms. The number of hydrogen-bond acceptors (Lipinski definition) is 4. The van der Waals surface area contributed by atoms with E-state index in [4.69, 9.17) is 9.47 Å². The molecule has 0 spiro atoms. The number of amides is 2. The van der Waals surface area contributed by atoms with Crippen molar-refractivity contribution < 1.29 is 19.1 Å². The van der Waals surface area contributed by atoms with Gasteiger partial charge in [0, 0.05) is 24.9 Å². The predicted molar refractivity (Wildman–Crippen MR) is 103 cm³/mol. The number of aryl methyl sites for hydroxylation is 2. The molecule has 0 saturated carbocycles. The predicted octanol–water partition coefficient (Wildman–Crippen LogP) is 2.85. The number of ether oxygens (including phenoxy) is 2. The molecular weight excluding hydrogens is 344 g/mol. The number of nitrogens with zero attached hydrogens (tertiary/aromatic N) is 1. The second-order valence-corrected chi connectivity index (χ2v) is 6.57. The molecule has 1 N–H and O–H groups in total. The molecular formula is C21H24N2O4. The highest BCUT2D eigenvalue weighted by Gasteiger charge is 2.36. The first-order valence-electron chi connectivity index (χ1n) is 8.90. The molecule has 0 fully saturated rings. The minimum absolute atomic E-state index is 0.103. The van der Waals surface area contributed by atoms with Crippen molar-refractivity contribution in [3.8, 4) is 5.75 Å². The second-order valence-electron chi connectivity index (χ2n) is 6.57. The summed E-state index contributed by atoms with van der Waals surface area (Å²) < 4.78 is 10.8. The van der Waals surface area contributed by atoms with Crippen molar-refractivity contribution in [2.75, 3.05) is 32.2 Å². The van der Waals surface area contributed by atoms with Crippen LogP contribution in [0.5, 0.6) is 5.75 Å². The molecule has 1 unspecified atom stereocenters. The zero-order valence-corrected chi connectivity index (χ0v) is 15.8. The van der Waals surface area contributed by atoms with Gasteiger partial charge in [0.15, 0.2) is 6.61 Å². The lowest BCUT2D eigenvalue weighted by atomic mass is 10.0. The summed E-state index contributed by atoms with van der Waals surface area (Å²) in [5, 5.41) is 3.01. The standard InChI is InChI=1S/C21H24N2O4/c1-14-7-6-8-15(2)19(14)22-21(25)20-16-9-4-5-10-17(16)27-13-18(24)23(20)11-12-26-3/h4-10,20H,11-13H2,1-3H3,(H,22,25). The summed E-state index contributed by atoms with van der Waals surface area (Å²) >= 11 is 0. The van der Waals surface area contributed by atoms with E-state index in [1.807, 2.05) is 50.2 Å². The number of carbonyl (C=O) groups excluding carboxylic acids is 2. The monoisotopic (exact) mass is 368 g/mol. The smallest absolute Gasteiger partial charge is 0.261 e. The molecule has 0 aliphatic carbocycles. The molecule has 2 aromatic carbocycles. The molecule has 2 amide bonds. The number of nitrogens with one attached hydrogen (secondary N) is 1. The van der Waals surface area contributed by atoms with Crippen molar-refractivity contribution in [3.05, 3.63) is 59.2 Å². The number of carbonyl (C=O) groups is 2. The quantitative estimate of drug-likeness (QED) is 0.881. The van der Waals surface area contributed by atoms with Crippen LogP contribution in [0.1, 0.15) is 22.7 Å². The number of para-hydroxylation sites is 2. The van der Waals surface area contributed by atoms with Crippen LogP contribution in [0.3, 0.4) is 0 Å². The topological polar surface area (TPSA) is 67.9 Å². The zero-order valence-electron chi connectivity index (χ0n) is 15.8. The lowest BCUT2D eigenvalue weighted by Crippen LogP contribution is -2.43. The van der Waals surface area contributed by atoms with E-state index in [1.165, 1.54) is 4.90 Å². The second kappa shape index (κ2) is 8.22. The van der Waals surface area contributed by atoms with Crippen LogP contribution in [0.2, 0.25) is 0 Å². The first kappa shape index (κ1) is 18.9. The number of anilines is 1. The highest BCUT2D eigenvalue weighted by molar-refractivity contribution is 5.99. The molecule has 3 rings (SSSR count). The van der Waals surface area contributed by atoms with Gasteiger partial charge < -0.3 is 19.7 Å². The molecule has 6 nitrogen and oxygen atoms in total. The van der Waals surface area contributed by atoms with Crippen molar-refractivity contribution in [2.45, 2.75) is 19.9 Å². The van der Waals surface area contributed by atoms with E-state index < -0.39 is 6.04 Å². The Hall–Kier alpha value is -2.86. The molecule has 2 aromatic rings. The van der Waals surface area contributed by atoms with Crippen molar-refractivity contribution in [1.82, 2.24) is 4.90 Å². The fourth-order valence-corrected chi connectivity index (χ4v) is 3.30. The van der Waals surface area contributed by atoms with E-state index >= 15 is 0 Å². The number of benzene rings is 2. The van der Waals surface area contributed by atoms with E-state index in [0.29, 0.717) is 24.5 Å². The van der Waals surface area contributed by atoms with Gasteiger partial charge in [-0.05, 0) is 31.0 Å². The van der Waals surface area contributed by atoms with Gasteiger partial charge in [0.1, 0.15) is 11.8 Å². The molecule has 1 aliphatic rings. The van der Waals surface area contributed by atoms with Crippen LogP contribution >= 0.6 is 0 Å². The Labute approximate surface area is 159 Å². The van der Waals surface area contributed by atoms with E-state index in [-0.39, 0.29) is 18.4 Å². The molecule has 142 valence electrons. The van der Waals surface area contributed by atoms with Gasteiger partial charge in [-0.2, -0.15) is 0 Å². The van der Waals surface area contributed by atoms with Crippen molar-refractivity contribution in [1.29, 1.82) is 0 Å². The Balaban J connectivity index is 2.00. The zero-order chi connectivity index (χ0) is 19.4. The SMILES string of the molecule is COCCN1C(=O)COc2ccccc2C1C(=O)Nc1c(C)cccc1C. The Bertz CT molecular complexity index is 830. The van der Waals surface area contributed by atoms with Crippen LogP contribution in [-0.4, -0.2) is 43.6 Å². The minimum atomic E-state index is -0.787. The number of fused-ring (bicyclic) bond motifs is 1. The molecule has 1 heterocycles. The molecule has 6 heteroatoms. The maximum atomic E-state index is 13.3. The van der Waals surface area contributed by atoms with E-state index in [0.717, 1.165) is 16.8 Å². The summed E-state index contributed by atoms with van der Waals surface area (Å²) in [5.74, 6) is 0.0344. The Morgan fingerprint density at radius 3 is 2.59 bits per heavy atom. The van der Waals surface area contributed by atoms with Crippen molar-refractivity contribution >= 4 is 17.5 Å². The lowest BCUT2D eigenvalue weighted by molar-refractivity contribution is -0.140. The van der Waals surface area contributed by atoms with Gasteiger partial charge in [0.2, 0.25) is 0 Å². The molecule has 1 aliphatic heterocycles. The van der Waals surface area contributed by atoms with Crippen LogP contribution in [0.15, 0.2) is 42.5 Å². The normalized spacial score (nSPS) is 16.3. The molecule has 0 radical (unpaired) electrons. The van der Waals surface area contributed by atoms with E-state index in [2.05, 4.69) is 5.32 Å². The number of rotatable bonds is 5. The maximum absolute atomic E-state index is 13.3. The van der Waals surface area contributed by atoms with E-state index in [1.54, 1.807) is 13.2 Å². The first-order valence-corrected chi connectivity index (χ1v) is 8.90. The van der Waals surface area contributed by atoms with Gasteiger partial charge in [0.25, 0.3) is 11.8 Å². The van der Waals surface area contributed by atoms with Crippen LogP contribution in [0.4, 0.5) is 5.69 Å². The summed E-state index contributed by atoms with van der Waals surface area (Å²) in [6, 6.07) is 12.3. The summed E-state index contributed by atoms with van der Waals surface area (Å²) in [7, 11) is 1.57. The molecule has 1 atom stereocenters. The van der Waals surface area contributed by atoms with Crippen LogP contribution in [-0.2, 0) is 14.3 Å². The summed E-state index contributed by atoms with van der Waals surface area (Å²) in [6.07, 6.45) is 0. The Morgan fingerprint density at radius 2 is 1.89 bits per heavy atom. The molecule has 0 bridgehead atoms. The third-order valence-electron chi connectivity index (χ3n) is 4.71. The van der Waals surface area contributed by atoms with Crippen LogP contribution in [0, 0.1) is 13.8 Å². The average molecular weight is 368 g/mol. The largest absolute Gasteiger partial charge is 0.483 e. The third kappa shape index (κ3) is 3.95.